The van der Waals surface area contributed by atoms with Crippen LogP contribution >= 0.6 is 11.8 Å². The fourth-order valence-corrected chi connectivity index (χ4v) is 3.36. The molecule has 2 N–H and O–H groups in total. The average molecular weight is 207 g/mol. The van der Waals surface area contributed by atoms with Crippen molar-refractivity contribution >= 4 is 11.8 Å². The van der Waals surface area contributed by atoms with Gasteiger partial charge in [0.25, 0.3) is 0 Å². The predicted octanol–water partition coefficient (Wildman–Crippen LogP) is 3.18. The Labute approximate surface area is 90.1 Å². The molecule has 1 aromatic carbocycles. The van der Waals surface area contributed by atoms with Gasteiger partial charge in [0.1, 0.15) is 0 Å². The van der Waals surface area contributed by atoms with Gasteiger partial charge in [-0.05, 0) is 24.5 Å². The predicted molar refractivity (Wildman–Crippen MR) is 62.4 cm³/mol. The average Bonchev–Trinajstić information content (AvgIpc) is 2.71. The lowest BCUT2D eigenvalue weighted by Crippen LogP contribution is -2.00. The summed E-state index contributed by atoms with van der Waals surface area (Å²) in [5.74, 6) is 0. The van der Waals surface area contributed by atoms with Crippen LogP contribution < -0.4 is 5.73 Å². The Balaban J connectivity index is 2.07. The van der Waals surface area contributed by atoms with E-state index in [1.165, 1.54) is 36.1 Å². The minimum atomic E-state index is 0.663. The molecule has 2 heteroatoms. The van der Waals surface area contributed by atoms with Crippen molar-refractivity contribution in [1.82, 2.24) is 0 Å². The van der Waals surface area contributed by atoms with Crippen LogP contribution in [0.2, 0.25) is 0 Å². The van der Waals surface area contributed by atoms with E-state index in [4.69, 9.17) is 5.73 Å². The fourth-order valence-electron chi connectivity index (χ4n) is 1.97. The third-order valence-electron chi connectivity index (χ3n) is 2.79. The quantitative estimate of drug-likeness (QED) is 0.824. The molecule has 0 atom stereocenters. The topological polar surface area (TPSA) is 26.0 Å². The van der Waals surface area contributed by atoms with E-state index < -0.39 is 0 Å². The van der Waals surface area contributed by atoms with Gasteiger partial charge in [-0.3, -0.25) is 0 Å². The van der Waals surface area contributed by atoms with Gasteiger partial charge in [0.15, 0.2) is 0 Å². The number of rotatable bonds is 3. The Morgan fingerprint density at radius 3 is 2.64 bits per heavy atom. The normalized spacial score (nSPS) is 17.5. The number of hydrogen-bond donors (Lipinski definition) is 1. The summed E-state index contributed by atoms with van der Waals surface area (Å²) in [6, 6.07) is 8.51. The first kappa shape index (κ1) is 10.1. The van der Waals surface area contributed by atoms with E-state index in [0.717, 1.165) is 5.25 Å². The third-order valence-corrected chi connectivity index (χ3v) is 4.25. The maximum absolute atomic E-state index is 5.71. The maximum Gasteiger partial charge on any atom is 0.0189 e. The molecule has 2 rings (SSSR count). The van der Waals surface area contributed by atoms with Gasteiger partial charge in [0, 0.05) is 16.7 Å². The van der Waals surface area contributed by atoms with Crippen LogP contribution in [0.25, 0.3) is 0 Å². The van der Waals surface area contributed by atoms with Crippen LogP contribution in [0.3, 0.4) is 0 Å². The summed E-state index contributed by atoms with van der Waals surface area (Å²) in [4.78, 5) is 1.39. The summed E-state index contributed by atoms with van der Waals surface area (Å²) in [5.41, 5.74) is 7.01. The molecule has 0 amide bonds. The highest BCUT2D eigenvalue weighted by Gasteiger charge is 2.16. The molecule has 14 heavy (non-hydrogen) atoms. The molecule has 0 heterocycles. The number of benzene rings is 1. The smallest absolute Gasteiger partial charge is 0.0189 e. The first-order chi connectivity index (χ1) is 6.90. The van der Waals surface area contributed by atoms with Crippen LogP contribution in [0, 0.1) is 0 Å². The van der Waals surface area contributed by atoms with Crippen LogP contribution in [0.5, 0.6) is 0 Å². The SMILES string of the molecule is NCc1ccccc1SC1CCCC1. The van der Waals surface area contributed by atoms with Gasteiger partial charge in [-0.15, -0.1) is 11.8 Å². The van der Waals surface area contributed by atoms with Crippen molar-refractivity contribution in [2.45, 2.75) is 42.4 Å². The summed E-state index contributed by atoms with van der Waals surface area (Å²) < 4.78 is 0. The lowest BCUT2D eigenvalue weighted by atomic mass is 10.2. The maximum atomic E-state index is 5.71. The molecule has 0 aliphatic heterocycles. The largest absolute Gasteiger partial charge is 0.326 e. The van der Waals surface area contributed by atoms with Crippen LogP contribution in [0.1, 0.15) is 31.2 Å². The highest BCUT2D eigenvalue weighted by Crippen LogP contribution is 2.35. The standard InChI is InChI=1S/C12H17NS/c13-9-10-5-1-4-8-12(10)14-11-6-2-3-7-11/h1,4-5,8,11H,2-3,6-7,9,13H2. The van der Waals surface area contributed by atoms with E-state index in [0.29, 0.717) is 6.54 Å². The van der Waals surface area contributed by atoms with Crippen molar-refractivity contribution in [3.8, 4) is 0 Å². The van der Waals surface area contributed by atoms with Gasteiger partial charge in [-0.1, -0.05) is 31.0 Å². The Bertz CT molecular complexity index is 292. The number of thioether (sulfide) groups is 1. The summed E-state index contributed by atoms with van der Waals surface area (Å²) >= 11 is 2.02. The van der Waals surface area contributed by atoms with Crippen LogP contribution in [0.15, 0.2) is 29.2 Å². The van der Waals surface area contributed by atoms with Crippen molar-refractivity contribution < 1.29 is 0 Å². The van der Waals surface area contributed by atoms with E-state index >= 15 is 0 Å². The van der Waals surface area contributed by atoms with Crippen LogP contribution in [-0.2, 0) is 6.54 Å². The number of nitrogens with two attached hydrogens (primary N) is 1. The second-order valence-electron chi connectivity index (χ2n) is 3.84. The molecule has 1 nitrogen and oxygen atoms in total. The van der Waals surface area contributed by atoms with E-state index in [9.17, 15) is 0 Å². The second kappa shape index (κ2) is 4.85. The van der Waals surface area contributed by atoms with Gasteiger partial charge in [0.2, 0.25) is 0 Å². The van der Waals surface area contributed by atoms with Gasteiger partial charge < -0.3 is 5.73 Å². The summed E-state index contributed by atoms with van der Waals surface area (Å²) in [5, 5.41) is 0.836. The Kier molecular flexibility index (Phi) is 3.49. The Morgan fingerprint density at radius 1 is 1.21 bits per heavy atom. The first-order valence-electron chi connectivity index (χ1n) is 5.35. The molecule has 1 aliphatic carbocycles. The third kappa shape index (κ3) is 2.31. The van der Waals surface area contributed by atoms with E-state index in [1.807, 2.05) is 11.8 Å². The lowest BCUT2D eigenvalue weighted by molar-refractivity contribution is 0.886. The molecular formula is C12H17NS. The van der Waals surface area contributed by atoms with Crippen molar-refractivity contribution in [1.29, 1.82) is 0 Å². The van der Waals surface area contributed by atoms with E-state index in [2.05, 4.69) is 24.3 Å². The Morgan fingerprint density at radius 2 is 1.93 bits per heavy atom. The zero-order valence-corrected chi connectivity index (χ0v) is 9.22. The molecule has 0 saturated heterocycles. The summed E-state index contributed by atoms with van der Waals surface area (Å²) in [6.07, 6.45) is 5.57. The zero-order valence-electron chi connectivity index (χ0n) is 8.41. The molecule has 76 valence electrons. The summed E-state index contributed by atoms with van der Waals surface area (Å²) in [7, 11) is 0. The molecule has 1 aromatic rings. The monoisotopic (exact) mass is 207 g/mol. The van der Waals surface area contributed by atoms with Crippen molar-refractivity contribution in [2.75, 3.05) is 0 Å². The molecule has 0 spiro atoms. The van der Waals surface area contributed by atoms with Gasteiger partial charge in [-0.2, -0.15) is 0 Å². The summed E-state index contributed by atoms with van der Waals surface area (Å²) in [6.45, 7) is 0.663. The molecule has 1 fully saturated rings. The molecule has 0 unspecified atom stereocenters. The van der Waals surface area contributed by atoms with Crippen LogP contribution in [0.4, 0.5) is 0 Å². The van der Waals surface area contributed by atoms with Gasteiger partial charge >= 0.3 is 0 Å². The molecule has 0 aromatic heterocycles. The second-order valence-corrected chi connectivity index (χ2v) is 5.18. The van der Waals surface area contributed by atoms with Crippen molar-refractivity contribution in [2.24, 2.45) is 5.73 Å². The van der Waals surface area contributed by atoms with Crippen LogP contribution in [-0.4, -0.2) is 5.25 Å². The molecule has 0 radical (unpaired) electrons. The highest BCUT2D eigenvalue weighted by atomic mass is 32.2. The first-order valence-corrected chi connectivity index (χ1v) is 6.23. The van der Waals surface area contributed by atoms with Crippen molar-refractivity contribution in [3.05, 3.63) is 29.8 Å². The molecular weight excluding hydrogens is 190 g/mol. The molecule has 0 bridgehead atoms. The van der Waals surface area contributed by atoms with Gasteiger partial charge in [0.05, 0.1) is 0 Å². The number of hydrogen-bond acceptors (Lipinski definition) is 2. The minimum Gasteiger partial charge on any atom is -0.326 e. The minimum absolute atomic E-state index is 0.663. The van der Waals surface area contributed by atoms with Gasteiger partial charge in [-0.25, -0.2) is 0 Å². The zero-order chi connectivity index (χ0) is 9.80. The molecule has 1 saturated carbocycles. The highest BCUT2D eigenvalue weighted by molar-refractivity contribution is 8.00. The fraction of sp³-hybridized carbons (Fsp3) is 0.500. The Hall–Kier alpha value is -0.470. The molecule has 1 aliphatic rings. The van der Waals surface area contributed by atoms with E-state index in [-0.39, 0.29) is 0 Å². The lowest BCUT2D eigenvalue weighted by Gasteiger charge is -2.11. The van der Waals surface area contributed by atoms with Crippen molar-refractivity contribution in [3.63, 3.8) is 0 Å². The van der Waals surface area contributed by atoms with E-state index in [1.54, 1.807) is 0 Å².